The maximum absolute atomic E-state index is 12.1. The van der Waals surface area contributed by atoms with E-state index in [0.29, 0.717) is 17.4 Å². The van der Waals surface area contributed by atoms with Gasteiger partial charge in [-0.15, -0.1) is 0 Å². The molecule has 5 nitrogen and oxygen atoms in total. The predicted octanol–water partition coefficient (Wildman–Crippen LogP) is 2.96. The fourth-order valence-electron chi connectivity index (χ4n) is 2.74. The first-order valence-electron chi connectivity index (χ1n) is 7.83. The first-order chi connectivity index (χ1) is 11.7. The molecule has 0 spiro atoms. The maximum atomic E-state index is 12.1. The van der Waals surface area contributed by atoms with Crippen LogP contribution in [0.25, 0.3) is 0 Å². The van der Waals surface area contributed by atoms with Crippen LogP contribution in [0.15, 0.2) is 53.6 Å². The molecule has 2 aromatic rings. The number of benzene rings is 2. The van der Waals surface area contributed by atoms with Crippen LogP contribution in [0, 0.1) is 5.92 Å². The Balaban J connectivity index is 1.56. The molecule has 0 heterocycles. The average molecular weight is 324 g/mol. The van der Waals surface area contributed by atoms with Crippen LogP contribution in [0.4, 0.5) is 0 Å². The van der Waals surface area contributed by atoms with Crippen LogP contribution in [0.2, 0.25) is 0 Å². The average Bonchev–Trinajstić information content (AvgIpc) is 3.43. The Morgan fingerprint density at radius 1 is 1.12 bits per heavy atom. The Hall–Kier alpha value is -2.82. The van der Waals surface area contributed by atoms with Crippen LogP contribution in [0.5, 0.6) is 11.5 Å². The first kappa shape index (κ1) is 16.1. The van der Waals surface area contributed by atoms with E-state index in [-0.39, 0.29) is 11.8 Å². The molecule has 2 atom stereocenters. The number of rotatable bonds is 6. The number of hydrogen-bond donors (Lipinski definition) is 1. The third-order valence-corrected chi connectivity index (χ3v) is 4.15. The Morgan fingerprint density at radius 3 is 2.58 bits per heavy atom. The summed E-state index contributed by atoms with van der Waals surface area (Å²) in [6.45, 7) is 0. The van der Waals surface area contributed by atoms with Crippen molar-refractivity contribution in [3.63, 3.8) is 0 Å². The van der Waals surface area contributed by atoms with Gasteiger partial charge in [-0.05, 0) is 41.7 Å². The van der Waals surface area contributed by atoms with Gasteiger partial charge >= 0.3 is 0 Å². The van der Waals surface area contributed by atoms with Crippen LogP contribution >= 0.6 is 0 Å². The standard InChI is InChI=1S/C19H20N2O3/c1-23-17-9-8-13(10-18(17)24-2)12-20-21-19(22)16-11-15(16)14-6-4-3-5-7-14/h3-10,12,15-16H,11H2,1-2H3,(H,21,22). The van der Waals surface area contributed by atoms with Gasteiger partial charge in [-0.25, -0.2) is 5.43 Å². The smallest absolute Gasteiger partial charge is 0.243 e. The normalized spacial score (nSPS) is 19.1. The fourth-order valence-corrected chi connectivity index (χ4v) is 2.74. The lowest BCUT2D eigenvalue weighted by molar-refractivity contribution is -0.122. The molecule has 1 aliphatic rings. The van der Waals surface area contributed by atoms with Gasteiger partial charge in [0.15, 0.2) is 11.5 Å². The van der Waals surface area contributed by atoms with Crippen molar-refractivity contribution >= 4 is 12.1 Å². The van der Waals surface area contributed by atoms with Crippen molar-refractivity contribution in [2.75, 3.05) is 14.2 Å². The van der Waals surface area contributed by atoms with Gasteiger partial charge in [-0.2, -0.15) is 5.10 Å². The number of nitrogens with one attached hydrogen (secondary N) is 1. The zero-order valence-electron chi connectivity index (χ0n) is 13.7. The number of carbonyl (C=O) groups excluding carboxylic acids is 1. The lowest BCUT2D eigenvalue weighted by Crippen LogP contribution is -2.20. The summed E-state index contributed by atoms with van der Waals surface area (Å²) in [5.41, 5.74) is 4.65. The quantitative estimate of drug-likeness (QED) is 0.656. The highest BCUT2D eigenvalue weighted by Gasteiger charge is 2.43. The van der Waals surface area contributed by atoms with Crippen LogP contribution in [0.1, 0.15) is 23.5 Å². The van der Waals surface area contributed by atoms with E-state index in [2.05, 4.69) is 22.7 Å². The van der Waals surface area contributed by atoms with E-state index in [9.17, 15) is 4.79 Å². The molecule has 0 radical (unpaired) electrons. The van der Waals surface area contributed by atoms with Crippen molar-refractivity contribution in [3.05, 3.63) is 59.7 Å². The Bertz CT molecular complexity index is 744. The highest BCUT2D eigenvalue weighted by Crippen LogP contribution is 2.47. The molecule has 5 heteroatoms. The molecule has 1 aliphatic carbocycles. The van der Waals surface area contributed by atoms with Crippen LogP contribution < -0.4 is 14.9 Å². The van der Waals surface area contributed by atoms with Crippen molar-refractivity contribution in [2.24, 2.45) is 11.0 Å². The molecule has 1 saturated carbocycles. The van der Waals surface area contributed by atoms with Crippen molar-refractivity contribution in [1.29, 1.82) is 0 Å². The van der Waals surface area contributed by atoms with Gasteiger partial charge in [-0.3, -0.25) is 4.79 Å². The van der Waals surface area contributed by atoms with Crippen LogP contribution in [-0.4, -0.2) is 26.3 Å². The van der Waals surface area contributed by atoms with E-state index in [0.717, 1.165) is 12.0 Å². The minimum atomic E-state index is -0.0411. The van der Waals surface area contributed by atoms with Crippen molar-refractivity contribution in [1.82, 2.24) is 5.43 Å². The summed E-state index contributed by atoms with van der Waals surface area (Å²) in [5, 5.41) is 4.04. The van der Waals surface area contributed by atoms with Crippen LogP contribution in [0.3, 0.4) is 0 Å². The Labute approximate surface area is 141 Å². The lowest BCUT2D eigenvalue weighted by Gasteiger charge is -2.07. The van der Waals surface area contributed by atoms with Gasteiger partial charge in [0.25, 0.3) is 0 Å². The zero-order chi connectivity index (χ0) is 16.9. The predicted molar refractivity (Wildman–Crippen MR) is 92.6 cm³/mol. The lowest BCUT2D eigenvalue weighted by atomic mass is 10.1. The number of hydrogen-bond acceptors (Lipinski definition) is 4. The second-order valence-electron chi connectivity index (χ2n) is 5.71. The fraction of sp³-hybridized carbons (Fsp3) is 0.263. The molecule has 0 bridgehead atoms. The topological polar surface area (TPSA) is 59.9 Å². The SMILES string of the molecule is COc1ccc(C=NNC(=O)C2CC2c2ccccc2)cc1OC. The summed E-state index contributed by atoms with van der Waals surface area (Å²) in [4.78, 5) is 12.1. The number of amides is 1. The molecule has 0 saturated heterocycles. The Morgan fingerprint density at radius 2 is 1.88 bits per heavy atom. The minimum Gasteiger partial charge on any atom is -0.493 e. The maximum Gasteiger partial charge on any atom is 0.243 e. The number of nitrogens with zero attached hydrogens (tertiary/aromatic N) is 1. The molecule has 1 N–H and O–H groups in total. The van der Waals surface area contributed by atoms with Gasteiger partial charge in [0.1, 0.15) is 0 Å². The molecule has 24 heavy (non-hydrogen) atoms. The first-order valence-corrected chi connectivity index (χ1v) is 7.83. The van der Waals surface area contributed by atoms with Crippen molar-refractivity contribution in [2.45, 2.75) is 12.3 Å². The van der Waals surface area contributed by atoms with E-state index >= 15 is 0 Å². The summed E-state index contributed by atoms with van der Waals surface area (Å²) < 4.78 is 10.4. The number of hydrazone groups is 1. The molecular weight excluding hydrogens is 304 g/mol. The third-order valence-electron chi connectivity index (χ3n) is 4.15. The van der Waals surface area contributed by atoms with Gasteiger partial charge in [0, 0.05) is 5.92 Å². The van der Waals surface area contributed by atoms with Gasteiger partial charge in [-0.1, -0.05) is 30.3 Å². The summed E-state index contributed by atoms with van der Waals surface area (Å²) in [7, 11) is 3.17. The van der Waals surface area contributed by atoms with Gasteiger partial charge < -0.3 is 9.47 Å². The molecule has 2 unspecified atom stereocenters. The van der Waals surface area contributed by atoms with Crippen LogP contribution in [-0.2, 0) is 4.79 Å². The van der Waals surface area contributed by atoms with Gasteiger partial charge in [0.05, 0.1) is 20.4 Å². The highest BCUT2D eigenvalue weighted by atomic mass is 16.5. The molecule has 1 fully saturated rings. The molecule has 0 aliphatic heterocycles. The highest BCUT2D eigenvalue weighted by molar-refractivity contribution is 5.86. The van der Waals surface area contributed by atoms with E-state index in [1.165, 1.54) is 5.56 Å². The largest absolute Gasteiger partial charge is 0.493 e. The summed E-state index contributed by atoms with van der Waals surface area (Å²) in [6.07, 6.45) is 2.47. The van der Waals surface area contributed by atoms with Crippen molar-refractivity contribution < 1.29 is 14.3 Å². The Kier molecular flexibility index (Phi) is 4.79. The van der Waals surface area contributed by atoms with E-state index < -0.39 is 0 Å². The number of carbonyl (C=O) groups is 1. The van der Waals surface area contributed by atoms with Crippen molar-refractivity contribution in [3.8, 4) is 11.5 Å². The second-order valence-corrected chi connectivity index (χ2v) is 5.71. The monoisotopic (exact) mass is 324 g/mol. The zero-order valence-corrected chi connectivity index (χ0v) is 13.7. The van der Waals surface area contributed by atoms with Gasteiger partial charge in [0.2, 0.25) is 5.91 Å². The van der Waals surface area contributed by atoms with E-state index in [1.807, 2.05) is 24.3 Å². The summed E-state index contributed by atoms with van der Waals surface area (Å²) in [6, 6.07) is 15.5. The summed E-state index contributed by atoms with van der Waals surface area (Å²) >= 11 is 0. The molecule has 1 amide bonds. The molecule has 2 aromatic carbocycles. The molecular formula is C19H20N2O3. The second kappa shape index (κ2) is 7.17. The number of ether oxygens (including phenoxy) is 2. The van der Waals surface area contributed by atoms with E-state index in [1.54, 1.807) is 32.6 Å². The molecule has 3 rings (SSSR count). The van der Waals surface area contributed by atoms with E-state index in [4.69, 9.17) is 9.47 Å². The summed E-state index contributed by atoms with van der Waals surface area (Å²) in [5.74, 6) is 1.56. The minimum absolute atomic E-state index is 0.00922. The number of methoxy groups -OCH3 is 2. The third kappa shape index (κ3) is 3.56. The molecule has 0 aromatic heterocycles. The molecule has 124 valence electrons.